The molecule has 0 amide bonds. The zero-order valence-electron chi connectivity index (χ0n) is 14.1. The van der Waals surface area contributed by atoms with Gasteiger partial charge in [0.25, 0.3) is 0 Å². The number of hydrogen-bond donors (Lipinski definition) is 0. The van der Waals surface area contributed by atoms with Gasteiger partial charge >= 0.3 is 0 Å². The molecule has 0 aliphatic rings. The molecule has 0 saturated carbocycles. The van der Waals surface area contributed by atoms with Crippen LogP contribution >= 0.6 is 0 Å². The minimum absolute atomic E-state index is 0.841. The van der Waals surface area contributed by atoms with Crippen molar-refractivity contribution < 1.29 is 0 Å². The van der Waals surface area contributed by atoms with Crippen molar-refractivity contribution in [2.45, 2.75) is 87.0 Å². The van der Waals surface area contributed by atoms with Crippen LogP contribution in [0.15, 0.2) is 0 Å². The van der Waals surface area contributed by atoms with Crippen molar-refractivity contribution in [3.05, 3.63) is 0 Å². The normalized spacial score (nSPS) is 17.2. The lowest BCUT2D eigenvalue weighted by Crippen LogP contribution is -2.26. The summed E-state index contributed by atoms with van der Waals surface area (Å²) in [4.78, 5) is 0. The van der Waals surface area contributed by atoms with E-state index in [-0.39, 0.29) is 0 Å². The summed E-state index contributed by atoms with van der Waals surface area (Å²) < 4.78 is 0. The molecule has 0 aliphatic heterocycles. The molecule has 0 bridgehead atoms. The lowest BCUT2D eigenvalue weighted by Gasteiger charge is -2.35. The van der Waals surface area contributed by atoms with Gasteiger partial charge in [-0.15, -0.1) is 0 Å². The maximum Gasteiger partial charge on any atom is -0.0358 e. The van der Waals surface area contributed by atoms with Crippen LogP contribution in [0, 0.1) is 29.6 Å². The molecular weight excluding hydrogens is 216 g/mol. The van der Waals surface area contributed by atoms with E-state index in [0.717, 1.165) is 29.6 Å². The molecule has 0 nitrogen and oxygen atoms in total. The Morgan fingerprint density at radius 3 is 1.61 bits per heavy atom. The Hall–Kier alpha value is 0. The average Bonchev–Trinajstić information content (AvgIpc) is 2.27. The predicted octanol–water partition coefficient (Wildman–Crippen LogP) is 6.55. The van der Waals surface area contributed by atoms with Crippen LogP contribution in [0.3, 0.4) is 0 Å². The van der Waals surface area contributed by atoms with Gasteiger partial charge in [-0.25, -0.2) is 0 Å². The maximum absolute atomic E-state index is 2.45. The van der Waals surface area contributed by atoms with E-state index >= 15 is 0 Å². The van der Waals surface area contributed by atoms with Crippen molar-refractivity contribution in [2.75, 3.05) is 0 Å². The highest BCUT2D eigenvalue weighted by Gasteiger charge is 2.27. The maximum atomic E-state index is 2.45. The first-order valence-electron chi connectivity index (χ1n) is 8.43. The summed E-state index contributed by atoms with van der Waals surface area (Å²) in [6, 6.07) is 0. The van der Waals surface area contributed by atoms with E-state index < -0.39 is 0 Å². The first-order valence-corrected chi connectivity index (χ1v) is 8.43. The van der Waals surface area contributed by atoms with Gasteiger partial charge in [-0.3, -0.25) is 0 Å². The summed E-state index contributed by atoms with van der Waals surface area (Å²) in [7, 11) is 0. The molecule has 0 N–H and O–H groups in total. The summed E-state index contributed by atoms with van der Waals surface area (Å²) >= 11 is 0. The number of hydrogen-bond acceptors (Lipinski definition) is 0. The van der Waals surface area contributed by atoms with Gasteiger partial charge in [-0.05, 0) is 42.4 Å². The van der Waals surface area contributed by atoms with E-state index in [1.54, 1.807) is 0 Å². The van der Waals surface area contributed by atoms with Gasteiger partial charge in [-0.1, -0.05) is 74.1 Å². The van der Waals surface area contributed by atoms with Crippen molar-refractivity contribution in [3.63, 3.8) is 0 Å². The highest BCUT2D eigenvalue weighted by atomic mass is 14.3. The first kappa shape index (κ1) is 18.0. The molecule has 0 aromatic rings. The molecular formula is C18H38. The summed E-state index contributed by atoms with van der Waals surface area (Å²) in [5.41, 5.74) is 0. The lowest BCUT2D eigenvalue weighted by atomic mass is 9.71. The van der Waals surface area contributed by atoms with E-state index in [4.69, 9.17) is 0 Å². The van der Waals surface area contributed by atoms with Crippen molar-refractivity contribution >= 4 is 0 Å². The van der Waals surface area contributed by atoms with Gasteiger partial charge < -0.3 is 0 Å². The van der Waals surface area contributed by atoms with Crippen LogP contribution in [0.4, 0.5) is 0 Å². The fraction of sp³-hybridized carbons (Fsp3) is 1.00. The Kier molecular flexibility index (Phi) is 9.87. The SMILES string of the molecule is CCCCC(C(C)C)C(CC(C)CCC)C(C)C. The van der Waals surface area contributed by atoms with Crippen molar-refractivity contribution in [1.29, 1.82) is 0 Å². The highest BCUT2D eigenvalue weighted by Crippen LogP contribution is 2.36. The standard InChI is InChI=1S/C18H38/c1-8-10-12-17(14(3)4)18(15(5)6)13-16(7)11-9-2/h14-18H,8-13H2,1-7H3. The van der Waals surface area contributed by atoms with Crippen LogP contribution in [0.2, 0.25) is 0 Å². The molecule has 0 saturated heterocycles. The van der Waals surface area contributed by atoms with Crippen LogP contribution in [0.5, 0.6) is 0 Å². The molecule has 3 atom stereocenters. The fourth-order valence-corrected chi connectivity index (χ4v) is 3.50. The van der Waals surface area contributed by atoms with Gasteiger partial charge in [-0.2, -0.15) is 0 Å². The van der Waals surface area contributed by atoms with Gasteiger partial charge in [0.2, 0.25) is 0 Å². The van der Waals surface area contributed by atoms with Crippen LogP contribution < -0.4 is 0 Å². The highest BCUT2D eigenvalue weighted by molar-refractivity contribution is 4.77. The molecule has 3 unspecified atom stereocenters. The predicted molar refractivity (Wildman–Crippen MR) is 84.9 cm³/mol. The third-order valence-corrected chi connectivity index (χ3v) is 4.61. The van der Waals surface area contributed by atoms with E-state index in [9.17, 15) is 0 Å². The van der Waals surface area contributed by atoms with Crippen LogP contribution in [0.25, 0.3) is 0 Å². The zero-order chi connectivity index (χ0) is 14.1. The second-order valence-electron chi connectivity index (χ2n) is 7.09. The minimum Gasteiger partial charge on any atom is -0.0654 e. The van der Waals surface area contributed by atoms with Crippen LogP contribution in [0.1, 0.15) is 87.0 Å². The van der Waals surface area contributed by atoms with E-state index in [0.29, 0.717) is 0 Å². The van der Waals surface area contributed by atoms with Crippen molar-refractivity contribution in [3.8, 4) is 0 Å². The quantitative estimate of drug-likeness (QED) is 0.415. The fourth-order valence-electron chi connectivity index (χ4n) is 3.50. The van der Waals surface area contributed by atoms with E-state index in [1.807, 2.05) is 0 Å². The molecule has 0 fully saturated rings. The van der Waals surface area contributed by atoms with Crippen LogP contribution in [-0.2, 0) is 0 Å². The molecule has 0 radical (unpaired) electrons. The molecule has 0 heterocycles. The van der Waals surface area contributed by atoms with Crippen molar-refractivity contribution in [2.24, 2.45) is 29.6 Å². The Balaban J connectivity index is 4.59. The Morgan fingerprint density at radius 2 is 1.22 bits per heavy atom. The van der Waals surface area contributed by atoms with Gasteiger partial charge in [0, 0.05) is 0 Å². The zero-order valence-corrected chi connectivity index (χ0v) is 14.1. The molecule has 0 aliphatic carbocycles. The molecule has 0 heteroatoms. The van der Waals surface area contributed by atoms with Gasteiger partial charge in [0.05, 0.1) is 0 Å². The largest absolute Gasteiger partial charge is 0.0654 e. The summed E-state index contributed by atoms with van der Waals surface area (Å²) in [5.74, 6) is 4.46. The topological polar surface area (TPSA) is 0 Å². The molecule has 18 heavy (non-hydrogen) atoms. The van der Waals surface area contributed by atoms with E-state index in [1.165, 1.54) is 38.5 Å². The minimum atomic E-state index is 0.841. The number of unbranched alkanes of at least 4 members (excludes halogenated alkanes) is 1. The average molecular weight is 255 g/mol. The Morgan fingerprint density at radius 1 is 0.667 bits per heavy atom. The summed E-state index contributed by atoms with van der Waals surface area (Å²) in [6.07, 6.45) is 8.38. The monoisotopic (exact) mass is 254 g/mol. The molecule has 0 rings (SSSR count). The Labute approximate surface area is 117 Å². The Bertz CT molecular complexity index is 180. The third-order valence-electron chi connectivity index (χ3n) is 4.61. The molecule has 0 aromatic carbocycles. The summed E-state index contributed by atoms with van der Waals surface area (Å²) in [6.45, 7) is 16.8. The van der Waals surface area contributed by atoms with Crippen LogP contribution in [-0.4, -0.2) is 0 Å². The first-order chi connectivity index (χ1) is 8.43. The third kappa shape index (κ3) is 6.81. The van der Waals surface area contributed by atoms with Gasteiger partial charge in [0.15, 0.2) is 0 Å². The molecule has 0 aromatic heterocycles. The van der Waals surface area contributed by atoms with Gasteiger partial charge in [0.1, 0.15) is 0 Å². The second-order valence-corrected chi connectivity index (χ2v) is 7.09. The molecule has 0 spiro atoms. The molecule has 110 valence electrons. The second kappa shape index (κ2) is 9.87. The smallest absolute Gasteiger partial charge is 0.0358 e. The van der Waals surface area contributed by atoms with Crippen molar-refractivity contribution in [1.82, 2.24) is 0 Å². The lowest BCUT2D eigenvalue weighted by molar-refractivity contribution is 0.149. The number of rotatable bonds is 10. The summed E-state index contributed by atoms with van der Waals surface area (Å²) in [5, 5.41) is 0. The van der Waals surface area contributed by atoms with E-state index in [2.05, 4.69) is 48.5 Å².